The summed E-state index contributed by atoms with van der Waals surface area (Å²) in [6.07, 6.45) is 2.35. The SMILES string of the molecule is CCCCCCC1O[C@@H](C(=O)OCC)[C@H](C(=O)OCC)O1. The normalized spacial score (nSPS) is 22.2. The van der Waals surface area contributed by atoms with Crippen LogP contribution < -0.4 is 0 Å². The highest BCUT2D eigenvalue weighted by Gasteiger charge is 2.46. The number of carbonyl (C=O) groups is 2. The first-order valence-electron chi connectivity index (χ1n) is 7.78. The van der Waals surface area contributed by atoms with Crippen molar-refractivity contribution in [3.8, 4) is 0 Å². The number of ether oxygens (including phenoxy) is 4. The van der Waals surface area contributed by atoms with Crippen molar-refractivity contribution in [2.75, 3.05) is 13.2 Å². The summed E-state index contributed by atoms with van der Waals surface area (Å²) < 4.78 is 20.9. The monoisotopic (exact) mass is 302 g/mol. The summed E-state index contributed by atoms with van der Waals surface area (Å²) in [6, 6.07) is 0. The van der Waals surface area contributed by atoms with Gasteiger partial charge in [-0.2, -0.15) is 0 Å². The summed E-state index contributed by atoms with van der Waals surface area (Å²) in [7, 11) is 0. The summed E-state index contributed by atoms with van der Waals surface area (Å²) in [5.41, 5.74) is 0. The predicted octanol–water partition coefficient (Wildman–Crippen LogP) is 2.19. The summed E-state index contributed by atoms with van der Waals surface area (Å²) >= 11 is 0. The van der Waals surface area contributed by atoms with Gasteiger partial charge < -0.3 is 18.9 Å². The molecule has 21 heavy (non-hydrogen) atoms. The summed E-state index contributed by atoms with van der Waals surface area (Å²) in [5.74, 6) is -1.15. The van der Waals surface area contributed by atoms with Crippen molar-refractivity contribution in [2.24, 2.45) is 0 Å². The second kappa shape index (κ2) is 9.73. The zero-order valence-corrected chi connectivity index (χ0v) is 13.1. The van der Waals surface area contributed by atoms with Gasteiger partial charge in [0.2, 0.25) is 0 Å². The lowest BCUT2D eigenvalue weighted by Gasteiger charge is -2.13. The first kappa shape index (κ1) is 17.9. The molecule has 1 fully saturated rings. The number of hydrogen-bond donors (Lipinski definition) is 0. The molecule has 0 bridgehead atoms. The molecule has 0 radical (unpaired) electrons. The average Bonchev–Trinajstić information content (AvgIpc) is 2.88. The molecule has 1 heterocycles. The van der Waals surface area contributed by atoms with Crippen LogP contribution in [0.25, 0.3) is 0 Å². The number of hydrogen-bond acceptors (Lipinski definition) is 6. The molecule has 0 spiro atoms. The van der Waals surface area contributed by atoms with Crippen LogP contribution in [0.2, 0.25) is 0 Å². The van der Waals surface area contributed by atoms with Crippen molar-refractivity contribution < 1.29 is 28.5 Å². The van der Waals surface area contributed by atoms with E-state index >= 15 is 0 Å². The van der Waals surface area contributed by atoms with Gasteiger partial charge in [0.1, 0.15) is 0 Å². The van der Waals surface area contributed by atoms with Gasteiger partial charge in [0.15, 0.2) is 18.5 Å². The van der Waals surface area contributed by atoms with Crippen LogP contribution in [0.3, 0.4) is 0 Å². The van der Waals surface area contributed by atoms with E-state index in [9.17, 15) is 9.59 Å². The van der Waals surface area contributed by atoms with Crippen molar-refractivity contribution in [3.05, 3.63) is 0 Å². The topological polar surface area (TPSA) is 71.1 Å². The van der Waals surface area contributed by atoms with E-state index in [1.54, 1.807) is 13.8 Å². The maximum atomic E-state index is 11.9. The van der Waals surface area contributed by atoms with Crippen LogP contribution in [0.5, 0.6) is 0 Å². The van der Waals surface area contributed by atoms with E-state index in [0.717, 1.165) is 25.7 Å². The second-order valence-corrected chi connectivity index (χ2v) is 4.90. The Hall–Kier alpha value is -1.14. The van der Waals surface area contributed by atoms with Crippen LogP contribution in [0.15, 0.2) is 0 Å². The molecule has 122 valence electrons. The van der Waals surface area contributed by atoms with Crippen LogP contribution in [-0.4, -0.2) is 43.7 Å². The number of carbonyl (C=O) groups excluding carboxylic acids is 2. The Morgan fingerprint density at radius 1 is 0.857 bits per heavy atom. The Bertz CT molecular complexity index is 304. The van der Waals surface area contributed by atoms with Gasteiger partial charge >= 0.3 is 11.9 Å². The van der Waals surface area contributed by atoms with E-state index < -0.39 is 30.4 Å². The number of rotatable bonds is 9. The Kier molecular flexibility index (Phi) is 8.30. The Morgan fingerprint density at radius 3 is 1.81 bits per heavy atom. The maximum Gasteiger partial charge on any atom is 0.338 e. The quantitative estimate of drug-likeness (QED) is 0.480. The van der Waals surface area contributed by atoms with E-state index in [0.29, 0.717) is 6.42 Å². The van der Waals surface area contributed by atoms with Gasteiger partial charge in [0.25, 0.3) is 0 Å². The molecule has 0 aromatic carbocycles. The second-order valence-electron chi connectivity index (χ2n) is 4.90. The largest absolute Gasteiger partial charge is 0.464 e. The van der Waals surface area contributed by atoms with Gasteiger partial charge in [-0.15, -0.1) is 0 Å². The van der Waals surface area contributed by atoms with Gasteiger partial charge in [-0.05, 0) is 26.7 Å². The average molecular weight is 302 g/mol. The molecule has 0 unspecified atom stereocenters. The maximum absolute atomic E-state index is 11.9. The lowest BCUT2D eigenvalue weighted by Crippen LogP contribution is -2.39. The van der Waals surface area contributed by atoms with Gasteiger partial charge in [-0.25, -0.2) is 9.59 Å². The molecule has 6 heteroatoms. The molecule has 0 aromatic heterocycles. The molecule has 1 saturated heterocycles. The highest BCUT2D eigenvalue weighted by atomic mass is 16.8. The van der Waals surface area contributed by atoms with Crippen molar-refractivity contribution in [3.63, 3.8) is 0 Å². The molecular weight excluding hydrogens is 276 g/mol. The van der Waals surface area contributed by atoms with E-state index in [4.69, 9.17) is 18.9 Å². The Labute approximate surface area is 126 Å². The van der Waals surface area contributed by atoms with Crippen molar-refractivity contribution >= 4 is 11.9 Å². The highest BCUT2D eigenvalue weighted by molar-refractivity contribution is 5.86. The Morgan fingerprint density at radius 2 is 1.38 bits per heavy atom. The smallest absolute Gasteiger partial charge is 0.338 e. The zero-order valence-electron chi connectivity index (χ0n) is 13.1. The fourth-order valence-corrected chi connectivity index (χ4v) is 2.18. The van der Waals surface area contributed by atoms with Crippen molar-refractivity contribution in [1.82, 2.24) is 0 Å². The summed E-state index contributed by atoms with van der Waals surface area (Å²) in [6.45, 7) is 6.01. The fraction of sp³-hybridized carbons (Fsp3) is 0.867. The molecule has 1 rings (SSSR count). The molecule has 2 atom stereocenters. The molecule has 0 aromatic rings. The summed E-state index contributed by atoms with van der Waals surface area (Å²) in [5, 5.41) is 0. The minimum absolute atomic E-state index is 0.232. The molecule has 1 aliphatic rings. The third-order valence-electron chi connectivity index (χ3n) is 3.20. The number of esters is 2. The van der Waals surface area contributed by atoms with E-state index in [-0.39, 0.29) is 13.2 Å². The van der Waals surface area contributed by atoms with E-state index in [1.165, 1.54) is 0 Å². The molecule has 0 N–H and O–H groups in total. The van der Waals surface area contributed by atoms with Crippen LogP contribution in [0.1, 0.15) is 52.9 Å². The molecule has 6 nitrogen and oxygen atoms in total. The minimum atomic E-state index is -1.03. The third-order valence-corrected chi connectivity index (χ3v) is 3.20. The van der Waals surface area contributed by atoms with Crippen LogP contribution in [0.4, 0.5) is 0 Å². The highest BCUT2D eigenvalue weighted by Crippen LogP contribution is 2.25. The van der Waals surface area contributed by atoms with Crippen molar-refractivity contribution in [1.29, 1.82) is 0 Å². The molecule has 1 aliphatic heterocycles. The van der Waals surface area contributed by atoms with E-state index in [1.807, 2.05) is 0 Å². The lowest BCUT2D eigenvalue weighted by molar-refractivity contribution is -0.163. The van der Waals surface area contributed by atoms with Crippen LogP contribution in [-0.2, 0) is 28.5 Å². The number of unbranched alkanes of at least 4 members (excludes halogenated alkanes) is 3. The predicted molar refractivity (Wildman–Crippen MR) is 75.6 cm³/mol. The zero-order chi connectivity index (χ0) is 15.7. The summed E-state index contributed by atoms with van der Waals surface area (Å²) in [4.78, 5) is 23.7. The van der Waals surface area contributed by atoms with Gasteiger partial charge in [0, 0.05) is 0 Å². The van der Waals surface area contributed by atoms with Gasteiger partial charge in [-0.1, -0.05) is 26.2 Å². The molecular formula is C15H26O6. The molecule has 0 aliphatic carbocycles. The third kappa shape index (κ3) is 5.63. The van der Waals surface area contributed by atoms with Gasteiger partial charge in [-0.3, -0.25) is 0 Å². The van der Waals surface area contributed by atoms with Crippen molar-refractivity contribution in [2.45, 2.75) is 71.4 Å². The molecule has 0 amide bonds. The van der Waals surface area contributed by atoms with E-state index in [2.05, 4.69) is 6.92 Å². The van der Waals surface area contributed by atoms with Crippen LogP contribution >= 0.6 is 0 Å². The standard InChI is InChI=1S/C15H26O6/c1-4-7-8-9-10-11-20-12(14(16)18-5-2)13(21-11)15(17)19-6-3/h11-13H,4-10H2,1-3H3/t12-,13-/m1/s1. The fourth-order valence-electron chi connectivity index (χ4n) is 2.18. The lowest BCUT2D eigenvalue weighted by atomic mass is 10.1. The molecule has 0 saturated carbocycles. The first-order valence-corrected chi connectivity index (χ1v) is 7.78. The first-order chi connectivity index (χ1) is 10.1. The Balaban J connectivity index is 2.56. The van der Waals surface area contributed by atoms with Crippen LogP contribution in [0, 0.1) is 0 Å². The van der Waals surface area contributed by atoms with Gasteiger partial charge in [0.05, 0.1) is 13.2 Å². The minimum Gasteiger partial charge on any atom is -0.464 e.